The Labute approximate surface area is 119 Å². The summed E-state index contributed by atoms with van der Waals surface area (Å²) < 4.78 is 5.09. The van der Waals surface area contributed by atoms with Gasteiger partial charge in [-0.2, -0.15) is 0 Å². The molecule has 0 aliphatic rings. The number of rotatable bonds is 5. The van der Waals surface area contributed by atoms with Gasteiger partial charge in [-0.25, -0.2) is 0 Å². The first-order valence-electron chi connectivity index (χ1n) is 6.40. The normalized spacial score (nSPS) is 9.90. The van der Waals surface area contributed by atoms with Gasteiger partial charge in [0.2, 0.25) is 5.91 Å². The highest BCUT2D eigenvalue weighted by Gasteiger charge is 2.09. The fourth-order valence-electron chi connectivity index (χ4n) is 1.80. The molecule has 20 heavy (non-hydrogen) atoms. The topological polar surface area (TPSA) is 41.6 Å². The maximum Gasteiger partial charge on any atom is 0.246 e. The van der Waals surface area contributed by atoms with Crippen molar-refractivity contribution in [3.8, 4) is 5.75 Å². The van der Waals surface area contributed by atoms with Crippen LogP contribution in [0.25, 0.3) is 0 Å². The molecule has 0 radical (unpaired) electrons. The number of hydrogen-bond acceptors (Lipinski definition) is 3. The van der Waals surface area contributed by atoms with Gasteiger partial charge in [0.1, 0.15) is 5.75 Å². The zero-order chi connectivity index (χ0) is 14.4. The number of nitrogens with zero attached hydrogens (tertiary/aromatic N) is 1. The van der Waals surface area contributed by atoms with Gasteiger partial charge in [0, 0.05) is 18.4 Å². The molecule has 0 saturated heterocycles. The van der Waals surface area contributed by atoms with Gasteiger partial charge in [-0.05, 0) is 36.4 Å². The van der Waals surface area contributed by atoms with Crippen LogP contribution in [0.3, 0.4) is 0 Å². The summed E-state index contributed by atoms with van der Waals surface area (Å²) >= 11 is 0. The maximum atomic E-state index is 12.1. The molecule has 1 amide bonds. The molecule has 0 aliphatic heterocycles. The van der Waals surface area contributed by atoms with Gasteiger partial charge in [-0.15, -0.1) is 0 Å². The highest BCUT2D eigenvalue weighted by atomic mass is 16.5. The average Bonchev–Trinajstić information content (AvgIpc) is 2.53. The maximum absolute atomic E-state index is 12.1. The van der Waals surface area contributed by atoms with E-state index in [2.05, 4.69) is 5.32 Å². The lowest BCUT2D eigenvalue weighted by atomic mass is 10.3. The van der Waals surface area contributed by atoms with Crippen LogP contribution in [-0.2, 0) is 4.79 Å². The monoisotopic (exact) mass is 270 g/mol. The van der Waals surface area contributed by atoms with Crippen molar-refractivity contribution in [2.24, 2.45) is 0 Å². The molecule has 0 atom stereocenters. The fraction of sp³-hybridized carbons (Fsp3) is 0.188. The molecule has 2 rings (SSSR count). The summed E-state index contributed by atoms with van der Waals surface area (Å²) in [7, 11) is 3.40. The van der Waals surface area contributed by atoms with Crippen molar-refractivity contribution in [1.29, 1.82) is 0 Å². The van der Waals surface area contributed by atoms with Crippen molar-refractivity contribution in [1.82, 2.24) is 0 Å². The van der Waals surface area contributed by atoms with Gasteiger partial charge >= 0.3 is 0 Å². The molecule has 0 spiro atoms. The third kappa shape index (κ3) is 3.51. The SMILES string of the molecule is COc1ccc(NCC(=O)N(C)c2ccccc2)cc1. The number of amides is 1. The van der Waals surface area contributed by atoms with Gasteiger partial charge in [0.15, 0.2) is 0 Å². The van der Waals surface area contributed by atoms with Crippen LogP contribution in [0.4, 0.5) is 11.4 Å². The van der Waals surface area contributed by atoms with Gasteiger partial charge in [0.05, 0.1) is 13.7 Å². The van der Waals surface area contributed by atoms with Gasteiger partial charge < -0.3 is 15.0 Å². The average molecular weight is 270 g/mol. The van der Waals surface area contributed by atoms with E-state index in [0.29, 0.717) is 0 Å². The lowest BCUT2D eigenvalue weighted by Crippen LogP contribution is -2.32. The van der Waals surface area contributed by atoms with E-state index in [1.165, 1.54) is 0 Å². The quantitative estimate of drug-likeness (QED) is 0.908. The molecule has 0 aliphatic carbocycles. The number of carbonyl (C=O) groups excluding carboxylic acids is 1. The van der Waals surface area contributed by atoms with Crippen molar-refractivity contribution >= 4 is 17.3 Å². The molecule has 104 valence electrons. The lowest BCUT2D eigenvalue weighted by Gasteiger charge is -2.18. The number of para-hydroxylation sites is 1. The minimum absolute atomic E-state index is 0.00650. The number of ether oxygens (including phenoxy) is 1. The van der Waals surface area contributed by atoms with E-state index in [0.717, 1.165) is 17.1 Å². The smallest absolute Gasteiger partial charge is 0.246 e. The molecule has 0 heterocycles. The van der Waals surface area contributed by atoms with E-state index < -0.39 is 0 Å². The standard InChI is InChI=1S/C16H18N2O2/c1-18(14-6-4-3-5-7-14)16(19)12-17-13-8-10-15(20-2)11-9-13/h3-11,17H,12H2,1-2H3. The number of anilines is 2. The van der Waals surface area contributed by atoms with E-state index in [9.17, 15) is 4.79 Å². The molecule has 0 fully saturated rings. The Morgan fingerprint density at radius 2 is 1.75 bits per heavy atom. The van der Waals surface area contributed by atoms with Crippen molar-refractivity contribution < 1.29 is 9.53 Å². The second-order valence-electron chi connectivity index (χ2n) is 4.37. The highest BCUT2D eigenvalue weighted by Crippen LogP contribution is 2.15. The molecule has 1 N–H and O–H groups in total. The van der Waals surface area contributed by atoms with Crippen molar-refractivity contribution in [3.05, 3.63) is 54.6 Å². The molecule has 0 bridgehead atoms. The first-order valence-corrected chi connectivity index (χ1v) is 6.40. The molecule has 0 saturated carbocycles. The van der Waals surface area contributed by atoms with Gasteiger partial charge in [0.25, 0.3) is 0 Å². The lowest BCUT2D eigenvalue weighted by molar-refractivity contribution is -0.116. The second-order valence-corrected chi connectivity index (χ2v) is 4.37. The summed E-state index contributed by atoms with van der Waals surface area (Å²) in [5.74, 6) is 0.801. The minimum Gasteiger partial charge on any atom is -0.497 e. The van der Waals surface area contributed by atoms with Crippen LogP contribution in [0, 0.1) is 0 Å². The summed E-state index contributed by atoms with van der Waals surface area (Å²) in [6, 6.07) is 17.0. The van der Waals surface area contributed by atoms with E-state index in [-0.39, 0.29) is 12.5 Å². The number of nitrogens with one attached hydrogen (secondary N) is 1. The number of hydrogen-bond donors (Lipinski definition) is 1. The summed E-state index contributed by atoms with van der Waals surface area (Å²) in [5.41, 5.74) is 1.77. The Balaban J connectivity index is 1.91. The summed E-state index contributed by atoms with van der Waals surface area (Å²) in [5, 5.41) is 3.10. The first-order chi connectivity index (χ1) is 9.70. The van der Waals surface area contributed by atoms with Gasteiger partial charge in [-0.3, -0.25) is 4.79 Å². The molecular weight excluding hydrogens is 252 g/mol. The number of carbonyl (C=O) groups is 1. The zero-order valence-electron chi connectivity index (χ0n) is 11.7. The molecule has 0 aromatic heterocycles. The Bertz CT molecular complexity index is 552. The molecule has 2 aromatic rings. The van der Waals surface area contributed by atoms with Crippen molar-refractivity contribution in [3.63, 3.8) is 0 Å². The van der Waals surface area contributed by atoms with Crippen LogP contribution in [0.5, 0.6) is 5.75 Å². The van der Waals surface area contributed by atoms with E-state index in [1.54, 1.807) is 19.1 Å². The van der Waals surface area contributed by atoms with Crippen LogP contribution >= 0.6 is 0 Å². The number of methoxy groups -OCH3 is 1. The number of benzene rings is 2. The van der Waals surface area contributed by atoms with E-state index in [4.69, 9.17) is 4.74 Å². The highest BCUT2D eigenvalue weighted by molar-refractivity contribution is 5.95. The third-order valence-corrected chi connectivity index (χ3v) is 3.05. The number of likely N-dealkylation sites (N-methyl/N-ethyl adjacent to an activating group) is 1. The summed E-state index contributed by atoms with van der Waals surface area (Å²) in [6.45, 7) is 0.248. The fourth-order valence-corrected chi connectivity index (χ4v) is 1.80. The third-order valence-electron chi connectivity index (χ3n) is 3.05. The largest absolute Gasteiger partial charge is 0.497 e. The Kier molecular flexibility index (Phi) is 4.60. The predicted molar refractivity (Wildman–Crippen MR) is 81.3 cm³/mol. The minimum atomic E-state index is 0.00650. The molecular formula is C16H18N2O2. The van der Waals surface area contributed by atoms with Crippen LogP contribution < -0.4 is 15.0 Å². The van der Waals surface area contributed by atoms with Crippen molar-refractivity contribution in [2.75, 3.05) is 30.9 Å². The molecule has 4 heteroatoms. The first kappa shape index (κ1) is 13.9. The Morgan fingerprint density at radius 1 is 1.10 bits per heavy atom. The van der Waals surface area contributed by atoms with E-state index in [1.807, 2.05) is 54.6 Å². The van der Waals surface area contributed by atoms with E-state index >= 15 is 0 Å². The van der Waals surface area contributed by atoms with Crippen LogP contribution in [-0.4, -0.2) is 26.6 Å². The summed E-state index contributed by atoms with van der Waals surface area (Å²) in [6.07, 6.45) is 0. The van der Waals surface area contributed by atoms with Crippen LogP contribution in [0.2, 0.25) is 0 Å². The Morgan fingerprint density at radius 3 is 2.35 bits per heavy atom. The van der Waals surface area contributed by atoms with Gasteiger partial charge in [-0.1, -0.05) is 18.2 Å². The molecule has 4 nitrogen and oxygen atoms in total. The predicted octanol–water partition coefficient (Wildman–Crippen LogP) is 2.77. The van der Waals surface area contributed by atoms with Crippen LogP contribution in [0.15, 0.2) is 54.6 Å². The van der Waals surface area contributed by atoms with Crippen molar-refractivity contribution in [2.45, 2.75) is 0 Å². The zero-order valence-corrected chi connectivity index (χ0v) is 11.7. The Hall–Kier alpha value is -2.49. The molecule has 2 aromatic carbocycles. The second kappa shape index (κ2) is 6.61. The molecule has 0 unspecified atom stereocenters. The van der Waals surface area contributed by atoms with Crippen LogP contribution in [0.1, 0.15) is 0 Å². The summed E-state index contributed by atoms with van der Waals surface area (Å²) in [4.78, 5) is 13.7.